The quantitative estimate of drug-likeness (QED) is 0.828. The zero-order valence-electron chi connectivity index (χ0n) is 12.2. The SMILES string of the molecule is CN(C(=O)NC1CCCCCCC1)C(C)(C)C(=O)O. The van der Waals surface area contributed by atoms with Crippen LogP contribution in [0.25, 0.3) is 0 Å². The van der Waals surface area contributed by atoms with Crippen LogP contribution >= 0.6 is 0 Å². The molecule has 1 aliphatic carbocycles. The number of hydrogen-bond donors (Lipinski definition) is 2. The molecule has 110 valence electrons. The molecule has 0 spiro atoms. The lowest BCUT2D eigenvalue weighted by Crippen LogP contribution is -2.55. The largest absolute Gasteiger partial charge is 0.480 e. The molecule has 1 fully saturated rings. The van der Waals surface area contributed by atoms with E-state index in [2.05, 4.69) is 5.32 Å². The van der Waals surface area contributed by atoms with Crippen LogP contribution in [0.4, 0.5) is 4.79 Å². The first-order chi connectivity index (χ1) is 8.85. The van der Waals surface area contributed by atoms with Gasteiger partial charge in [0.15, 0.2) is 0 Å². The number of amides is 2. The number of likely N-dealkylation sites (N-methyl/N-ethyl adjacent to an activating group) is 1. The minimum atomic E-state index is -1.19. The summed E-state index contributed by atoms with van der Waals surface area (Å²) in [4.78, 5) is 24.5. The van der Waals surface area contributed by atoms with E-state index < -0.39 is 11.5 Å². The van der Waals surface area contributed by atoms with Crippen molar-refractivity contribution in [2.24, 2.45) is 0 Å². The molecule has 2 amide bonds. The highest BCUT2D eigenvalue weighted by Gasteiger charge is 2.35. The van der Waals surface area contributed by atoms with E-state index in [4.69, 9.17) is 5.11 Å². The minimum absolute atomic E-state index is 0.180. The summed E-state index contributed by atoms with van der Waals surface area (Å²) in [7, 11) is 1.53. The first kappa shape index (κ1) is 15.8. The van der Waals surface area contributed by atoms with Crippen molar-refractivity contribution in [3.63, 3.8) is 0 Å². The highest BCUT2D eigenvalue weighted by molar-refractivity contribution is 5.85. The van der Waals surface area contributed by atoms with Crippen molar-refractivity contribution in [1.82, 2.24) is 10.2 Å². The average Bonchev–Trinajstić information content (AvgIpc) is 2.31. The molecule has 1 saturated carbocycles. The summed E-state index contributed by atoms with van der Waals surface area (Å²) in [6.45, 7) is 3.07. The van der Waals surface area contributed by atoms with Gasteiger partial charge in [0.1, 0.15) is 5.54 Å². The first-order valence-electron chi connectivity index (χ1n) is 7.13. The third-order valence-electron chi connectivity index (χ3n) is 4.10. The number of aliphatic carboxylic acids is 1. The van der Waals surface area contributed by atoms with E-state index in [1.807, 2.05) is 0 Å². The smallest absolute Gasteiger partial charge is 0.329 e. The molecule has 0 aromatic carbocycles. The molecule has 0 radical (unpaired) electrons. The number of urea groups is 1. The van der Waals surface area contributed by atoms with E-state index in [-0.39, 0.29) is 12.1 Å². The fourth-order valence-corrected chi connectivity index (χ4v) is 2.27. The Bertz CT molecular complexity index is 321. The van der Waals surface area contributed by atoms with Crippen molar-refractivity contribution in [1.29, 1.82) is 0 Å². The third kappa shape index (κ3) is 4.40. The first-order valence-corrected chi connectivity index (χ1v) is 7.13. The van der Waals surface area contributed by atoms with Gasteiger partial charge in [0.2, 0.25) is 0 Å². The molecule has 0 aliphatic heterocycles. The van der Waals surface area contributed by atoms with E-state index in [1.54, 1.807) is 0 Å². The molecule has 0 aromatic rings. The maximum absolute atomic E-state index is 12.1. The second kappa shape index (κ2) is 6.78. The molecule has 5 heteroatoms. The van der Waals surface area contributed by atoms with Gasteiger partial charge in [-0.3, -0.25) is 0 Å². The highest BCUT2D eigenvalue weighted by Crippen LogP contribution is 2.18. The summed E-state index contributed by atoms with van der Waals surface area (Å²) in [6, 6.07) is -0.113. The Balaban J connectivity index is 2.55. The van der Waals surface area contributed by atoms with Crippen LogP contribution < -0.4 is 5.32 Å². The van der Waals surface area contributed by atoms with E-state index >= 15 is 0 Å². The number of carboxylic acid groups (broad SMARTS) is 1. The molecule has 0 heterocycles. The van der Waals surface area contributed by atoms with Gasteiger partial charge in [-0.05, 0) is 26.7 Å². The van der Waals surface area contributed by atoms with Crippen molar-refractivity contribution in [3.05, 3.63) is 0 Å². The Morgan fingerprint density at radius 3 is 2.05 bits per heavy atom. The molecule has 19 heavy (non-hydrogen) atoms. The Hall–Kier alpha value is -1.26. The monoisotopic (exact) mass is 270 g/mol. The van der Waals surface area contributed by atoms with Crippen molar-refractivity contribution in [2.75, 3.05) is 7.05 Å². The van der Waals surface area contributed by atoms with Gasteiger partial charge < -0.3 is 15.3 Å². The Kier molecular flexibility index (Phi) is 5.63. The van der Waals surface area contributed by atoms with Gasteiger partial charge in [-0.1, -0.05) is 32.1 Å². The molecule has 1 rings (SSSR count). The molecule has 0 aromatic heterocycles. The molecule has 2 N–H and O–H groups in total. The summed E-state index contributed by atoms with van der Waals surface area (Å²) in [5.41, 5.74) is -1.19. The van der Waals surface area contributed by atoms with E-state index in [0.717, 1.165) is 25.7 Å². The van der Waals surface area contributed by atoms with Crippen LogP contribution in [0.3, 0.4) is 0 Å². The van der Waals surface area contributed by atoms with Gasteiger partial charge in [0.05, 0.1) is 0 Å². The molecule has 0 atom stereocenters. The predicted octanol–water partition coefficient (Wildman–Crippen LogP) is 2.60. The third-order valence-corrected chi connectivity index (χ3v) is 4.10. The maximum atomic E-state index is 12.1. The number of nitrogens with one attached hydrogen (secondary N) is 1. The molecule has 1 aliphatic rings. The second-order valence-corrected chi connectivity index (χ2v) is 5.91. The van der Waals surface area contributed by atoms with Gasteiger partial charge in [-0.2, -0.15) is 0 Å². The average molecular weight is 270 g/mol. The number of nitrogens with zero attached hydrogens (tertiary/aromatic N) is 1. The lowest BCUT2D eigenvalue weighted by molar-refractivity contribution is -0.146. The number of hydrogen-bond acceptors (Lipinski definition) is 2. The van der Waals surface area contributed by atoms with Crippen LogP contribution in [0, 0.1) is 0 Å². The van der Waals surface area contributed by atoms with E-state index in [0.29, 0.717) is 0 Å². The number of carbonyl (C=O) groups is 2. The van der Waals surface area contributed by atoms with E-state index in [9.17, 15) is 9.59 Å². The van der Waals surface area contributed by atoms with E-state index in [1.165, 1.54) is 45.1 Å². The standard InChI is InChI=1S/C14H26N2O3/c1-14(2,12(17)18)16(3)13(19)15-11-9-7-5-4-6-8-10-11/h11H,4-10H2,1-3H3,(H,15,19)(H,17,18). The van der Waals surface area contributed by atoms with Gasteiger partial charge in [-0.25, -0.2) is 9.59 Å². The van der Waals surface area contributed by atoms with Gasteiger partial charge in [-0.15, -0.1) is 0 Å². The Morgan fingerprint density at radius 2 is 1.58 bits per heavy atom. The lowest BCUT2D eigenvalue weighted by Gasteiger charge is -2.33. The fraction of sp³-hybridized carbons (Fsp3) is 0.857. The van der Waals surface area contributed by atoms with Crippen molar-refractivity contribution >= 4 is 12.0 Å². The van der Waals surface area contributed by atoms with Crippen LogP contribution in [-0.2, 0) is 4.79 Å². The maximum Gasteiger partial charge on any atom is 0.329 e. The second-order valence-electron chi connectivity index (χ2n) is 5.91. The summed E-state index contributed by atoms with van der Waals surface area (Å²) in [5.74, 6) is -0.997. The molecule has 0 saturated heterocycles. The highest BCUT2D eigenvalue weighted by atomic mass is 16.4. The van der Waals surface area contributed by atoms with Crippen LogP contribution in [0.5, 0.6) is 0 Å². The zero-order chi connectivity index (χ0) is 14.5. The van der Waals surface area contributed by atoms with Gasteiger partial charge in [0.25, 0.3) is 0 Å². The summed E-state index contributed by atoms with van der Waals surface area (Å²) in [5, 5.41) is 12.1. The fourth-order valence-electron chi connectivity index (χ4n) is 2.27. The van der Waals surface area contributed by atoms with Crippen LogP contribution in [0.15, 0.2) is 0 Å². The number of carbonyl (C=O) groups excluding carboxylic acids is 1. The Morgan fingerprint density at radius 1 is 1.11 bits per heavy atom. The van der Waals surface area contributed by atoms with Crippen molar-refractivity contribution in [3.8, 4) is 0 Å². The summed E-state index contributed by atoms with van der Waals surface area (Å²) >= 11 is 0. The molecule has 0 bridgehead atoms. The topological polar surface area (TPSA) is 69.6 Å². The molecular formula is C14H26N2O3. The predicted molar refractivity (Wildman–Crippen MR) is 74.1 cm³/mol. The van der Waals surface area contributed by atoms with Gasteiger partial charge in [0, 0.05) is 13.1 Å². The summed E-state index contributed by atoms with van der Waals surface area (Å²) in [6.07, 6.45) is 7.99. The molecule has 0 unspecified atom stereocenters. The van der Waals surface area contributed by atoms with Crippen LogP contribution in [-0.4, -0.2) is 40.6 Å². The van der Waals surface area contributed by atoms with Crippen LogP contribution in [0.1, 0.15) is 58.8 Å². The lowest BCUT2D eigenvalue weighted by atomic mass is 9.97. The summed E-state index contributed by atoms with van der Waals surface area (Å²) < 4.78 is 0. The zero-order valence-corrected chi connectivity index (χ0v) is 12.2. The number of rotatable bonds is 3. The van der Waals surface area contributed by atoms with Gasteiger partial charge >= 0.3 is 12.0 Å². The van der Waals surface area contributed by atoms with Crippen molar-refractivity contribution < 1.29 is 14.7 Å². The minimum Gasteiger partial charge on any atom is -0.480 e. The Labute approximate surface area is 115 Å². The molecule has 5 nitrogen and oxygen atoms in total. The van der Waals surface area contributed by atoms with Crippen molar-refractivity contribution in [2.45, 2.75) is 70.4 Å². The molecular weight excluding hydrogens is 244 g/mol. The number of carboxylic acids is 1. The normalized spacial score (nSPS) is 18.3. The van der Waals surface area contributed by atoms with Crippen LogP contribution in [0.2, 0.25) is 0 Å².